The Morgan fingerprint density at radius 2 is 1.83 bits per heavy atom. The Bertz CT molecular complexity index is 1520. The Morgan fingerprint density at radius 1 is 1.04 bits per heavy atom. The number of benzene rings is 1. The van der Waals surface area contributed by atoms with Crippen LogP contribution in [-0.2, 0) is 27.3 Å². The van der Waals surface area contributed by atoms with Crippen molar-refractivity contribution in [2.24, 2.45) is 5.92 Å². The SMILES string of the molecule is COc1ncc(N2CCc3ncnc(OC4CCN(C(=O)C5CCOCC5)C4)c3C2)cc1C.O=C(O)CNC(=O)c1ccccc1. The van der Waals surface area contributed by atoms with Crippen LogP contribution in [0.5, 0.6) is 11.8 Å². The van der Waals surface area contributed by atoms with Gasteiger partial charge in [-0.1, -0.05) is 18.2 Å². The van der Waals surface area contributed by atoms with Gasteiger partial charge in [0.25, 0.3) is 5.91 Å². The maximum absolute atomic E-state index is 12.9. The van der Waals surface area contributed by atoms with Gasteiger partial charge in [-0.25, -0.2) is 15.0 Å². The summed E-state index contributed by atoms with van der Waals surface area (Å²) in [5, 5.41) is 10.6. The molecule has 1 aromatic carbocycles. The van der Waals surface area contributed by atoms with Crippen molar-refractivity contribution in [2.45, 2.75) is 45.3 Å². The maximum atomic E-state index is 12.9. The number of ether oxygens (including phenoxy) is 3. The van der Waals surface area contributed by atoms with Gasteiger partial charge in [-0.05, 0) is 38.0 Å². The van der Waals surface area contributed by atoms with Crippen LogP contribution in [0.15, 0.2) is 48.9 Å². The number of nitrogens with one attached hydrogen (secondary N) is 1. The summed E-state index contributed by atoms with van der Waals surface area (Å²) in [6.45, 7) is 5.86. The quantitative estimate of drug-likeness (QED) is 0.376. The van der Waals surface area contributed by atoms with E-state index in [1.807, 2.05) is 18.0 Å². The molecule has 0 bridgehead atoms. The summed E-state index contributed by atoms with van der Waals surface area (Å²) in [5.74, 6) is 0.173. The number of aryl methyl sites for hydroxylation is 1. The van der Waals surface area contributed by atoms with Crippen molar-refractivity contribution in [3.8, 4) is 11.8 Å². The van der Waals surface area contributed by atoms with Gasteiger partial charge in [-0.3, -0.25) is 14.4 Å². The van der Waals surface area contributed by atoms with Crippen molar-refractivity contribution in [3.63, 3.8) is 0 Å². The predicted octanol–water partition coefficient (Wildman–Crippen LogP) is 2.66. The summed E-state index contributed by atoms with van der Waals surface area (Å²) in [6, 6.07) is 10.6. The number of carbonyl (C=O) groups excluding carboxylic acids is 2. The zero-order chi connectivity index (χ0) is 32.5. The first-order valence-corrected chi connectivity index (χ1v) is 15.5. The first-order chi connectivity index (χ1) is 22.3. The zero-order valence-electron chi connectivity index (χ0n) is 26.2. The van der Waals surface area contributed by atoms with Gasteiger partial charge >= 0.3 is 5.97 Å². The number of aromatic nitrogens is 3. The molecule has 13 nitrogen and oxygen atoms in total. The first-order valence-electron chi connectivity index (χ1n) is 15.5. The number of pyridine rings is 1. The van der Waals surface area contributed by atoms with Crippen LogP contribution in [0.2, 0.25) is 0 Å². The molecule has 0 spiro atoms. The molecule has 1 unspecified atom stereocenters. The zero-order valence-corrected chi connectivity index (χ0v) is 26.2. The average molecular weight is 633 g/mol. The molecule has 13 heteroatoms. The second-order valence-corrected chi connectivity index (χ2v) is 11.4. The van der Waals surface area contributed by atoms with Crippen molar-refractivity contribution in [2.75, 3.05) is 51.4 Å². The number of hydrogen-bond donors (Lipinski definition) is 2. The smallest absolute Gasteiger partial charge is 0.322 e. The Balaban J connectivity index is 0.000000270. The standard InChI is InChI=1S/C24H31N5O4.C9H9NO3/c1-16-11-18(12-25-22(16)31-2)28-8-4-21-20(14-28)23(27-15-26-21)33-19-3-7-29(13-19)24(30)17-5-9-32-10-6-17;11-8(12)6-10-9(13)7-4-2-1-3-5-7/h11-12,15,17,19H,3-10,13-14H2,1-2H3;1-5H,6H2,(H,10,13)(H,11,12). The van der Waals surface area contributed by atoms with Crippen molar-refractivity contribution in [1.29, 1.82) is 0 Å². The summed E-state index contributed by atoms with van der Waals surface area (Å²) >= 11 is 0. The average Bonchev–Trinajstić information content (AvgIpc) is 3.56. The van der Waals surface area contributed by atoms with Crippen LogP contribution < -0.4 is 19.7 Å². The monoisotopic (exact) mass is 632 g/mol. The van der Waals surface area contributed by atoms with E-state index in [-0.39, 0.29) is 30.4 Å². The molecule has 0 saturated carbocycles. The molecule has 2 fully saturated rings. The number of carboxylic acid groups (broad SMARTS) is 1. The number of carbonyl (C=O) groups is 3. The lowest BCUT2D eigenvalue weighted by molar-refractivity contribution is -0.138. The normalized spacial score (nSPS) is 17.7. The Kier molecular flexibility index (Phi) is 11.0. The summed E-state index contributed by atoms with van der Waals surface area (Å²) in [5.41, 5.74) is 4.56. The van der Waals surface area contributed by atoms with Crippen molar-refractivity contribution in [1.82, 2.24) is 25.2 Å². The fraction of sp³-hybridized carbons (Fsp3) is 0.455. The maximum Gasteiger partial charge on any atom is 0.322 e. The van der Waals surface area contributed by atoms with E-state index in [4.69, 9.17) is 19.3 Å². The number of rotatable bonds is 8. The summed E-state index contributed by atoms with van der Waals surface area (Å²) in [7, 11) is 1.63. The third-order valence-corrected chi connectivity index (χ3v) is 8.28. The molecule has 2 amide bonds. The number of carboxylic acids is 1. The van der Waals surface area contributed by atoms with Crippen LogP contribution in [0.4, 0.5) is 5.69 Å². The molecule has 2 aromatic heterocycles. The van der Waals surface area contributed by atoms with E-state index in [0.29, 0.717) is 43.6 Å². The fourth-order valence-electron chi connectivity index (χ4n) is 5.80. The van der Waals surface area contributed by atoms with Gasteiger partial charge in [-0.2, -0.15) is 0 Å². The van der Waals surface area contributed by atoms with Gasteiger partial charge in [0, 0.05) is 56.2 Å². The van der Waals surface area contributed by atoms with Gasteiger partial charge in [0.2, 0.25) is 17.7 Å². The molecule has 6 rings (SSSR count). The second-order valence-electron chi connectivity index (χ2n) is 11.4. The largest absolute Gasteiger partial charge is 0.481 e. The predicted molar refractivity (Wildman–Crippen MR) is 168 cm³/mol. The summed E-state index contributed by atoms with van der Waals surface area (Å²) in [4.78, 5) is 51.8. The highest BCUT2D eigenvalue weighted by molar-refractivity contribution is 5.95. The van der Waals surface area contributed by atoms with E-state index in [2.05, 4.69) is 31.2 Å². The van der Waals surface area contributed by atoms with Crippen LogP contribution in [0, 0.1) is 12.8 Å². The number of fused-ring (bicyclic) bond motifs is 1. The molecule has 0 radical (unpaired) electrons. The van der Waals surface area contributed by atoms with Crippen molar-refractivity contribution >= 4 is 23.5 Å². The number of amides is 2. The Labute approximate surface area is 267 Å². The topological polar surface area (TPSA) is 156 Å². The van der Waals surface area contributed by atoms with Gasteiger partial charge in [0.15, 0.2) is 0 Å². The second kappa shape index (κ2) is 15.5. The molecule has 0 aliphatic carbocycles. The minimum atomic E-state index is -1.05. The van der Waals surface area contributed by atoms with Crippen LogP contribution in [0.25, 0.3) is 0 Å². The van der Waals surface area contributed by atoms with E-state index in [0.717, 1.165) is 61.3 Å². The minimum Gasteiger partial charge on any atom is -0.481 e. The number of methoxy groups -OCH3 is 1. The van der Waals surface area contributed by atoms with E-state index in [1.165, 1.54) is 0 Å². The molecular formula is C33H40N6O7. The highest BCUT2D eigenvalue weighted by Gasteiger charge is 2.34. The van der Waals surface area contributed by atoms with Crippen LogP contribution >= 0.6 is 0 Å². The lowest BCUT2D eigenvalue weighted by Crippen LogP contribution is -2.38. The molecule has 46 heavy (non-hydrogen) atoms. The third-order valence-electron chi connectivity index (χ3n) is 8.28. The number of aliphatic carboxylic acids is 1. The molecule has 2 N–H and O–H groups in total. The van der Waals surface area contributed by atoms with E-state index in [1.54, 1.807) is 43.8 Å². The van der Waals surface area contributed by atoms with Gasteiger partial charge < -0.3 is 34.4 Å². The number of likely N-dealkylation sites (tertiary alicyclic amines) is 1. The van der Waals surface area contributed by atoms with E-state index in [9.17, 15) is 14.4 Å². The van der Waals surface area contributed by atoms with Crippen LogP contribution in [-0.4, -0.2) is 95.3 Å². The van der Waals surface area contributed by atoms with Crippen molar-refractivity contribution < 1.29 is 33.7 Å². The Morgan fingerprint density at radius 3 is 2.54 bits per heavy atom. The molecule has 5 heterocycles. The highest BCUT2D eigenvalue weighted by atomic mass is 16.5. The minimum absolute atomic E-state index is 0.0481. The molecule has 1 atom stereocenters. The number of hydrogen-bond acceptors (Lipinski definition) is 10. The van der Waals surface area contributed by atoms with Crippen LogP contribution in [0.1, 0.15) is 46.4 Å². The number of anilines is 1. The van der Waals surface area contributed by atoms with Gasteiger partial charge in [0.05, 0.1) is 43.3 Å². The fourth-order valence-corrected chi connectivity index (χ4v) is 5.80. The lowest BCUT2D eigenvalue weighted by atomic mass is 9.99. The summed E-state index contributed by atoms with van der Waals surface area (Å²) in [6.07, 6.45) is 6.65. The highest BCUT2D eigenvalue weighted by Crippen LogP contribution is 2.31. The summed E-state index contributed by atoms with van der Waals surface area (Å²) < 4.78 is 17.1. The number of nitrogens with zero attached hydrogens (tertiary/aromatic N) is 5. The molecule has 2 saturated heterocycles. The third kappa shape index (κ3) is 8.27. The molecular weight excluding hydrogens is 592 g/mol. The van der Waals surface area contributed by atoms with Crippen LogP contribution in [0.3, 0.4) is 0 Å². The first kappa shape index (κ1) is 32.6. The van der Waals surface area contributed by atoms with Gasteiger partial charge in [0.1, 0.15) is 19.0 Å². The van der Waals surface area contributed by atoms with E-state index < -0.39 is 5.97 Å². The molecule has 3 aliphatic rings. The molecule has 3 aromatic rings. The Hall–Kier alpha value is -4.78. The van der Waals surface area contributed by atoms with E-state index >= 15 is 0 Å². The molecule has 244 valence electrons. The lowest BCUT2D eigenvalue weighted by Gasteiger charge is -2.31. The van der Waals surface area contributed by atoms with Gasteiger partial charge in [-0.15, -0.1) is 0 Å². The van der Waals surface area contributed by atoms with Crippen molar-refractivity contribution in [3.05, 3.63) is 71.3 Å². The molecule has 3 aliphatic heterocycles.